The first-order valence-corrected chi connectivity index (χ1v) is 11.0. The number of carbonyl (C=O) groups is 1. The van der Waals surface area contributed by atoms with Gasteiger partial charge in [0.25, 0.3) is 5.91 Å². The molecular weight excluding hydrogens is 342 g/mol. The van der Waals surface area contributed by atoms with Crippen molar-refractivity contribution in [3.05, 3.63) is 71.3 Å². The van der Waals surface area contributed by atoms with E-state index in [1.807, 2.05) is 36.2 Å². The summed E-state index contributed by atoms with van der Waals surface area (Å²) in [5.41, 5.74) is 3.07. The average molecular weight is 370 g/mol. The second-order valence-electron chi connectivity index (χ2n) is 7.25. The summed E-state index contributed by atoms with van der Waals surface area (Å²) < 4.78 is 11.4. The van der Waals surface area contributed by atoms with Crippen molar-refractivity contribution in [1.29, 1.82) is 0 Å². The monoisotopic (exact) mass is 369 g/mol. The van der Waals surface area contributed by atoms with E-state index in [0.717, 1.165) is 31.2 Å². The Hall–Kier alpha value is -1.94. The lowest BCUT2D eigenvalue weighted by Crippen LogP contribution is -2.39. The van der Waals surface area contributed by atoms with E-state index in [1.54, 1.807) is 6.26 Å². The molecule has 0 N–H and O–H groups in total. The molecule has 1 saturated carbocycles. The van der Waals surface area contributed by atoms with Gasteiger partial charge < -0.3 is 4.90 Å². The minimum absolute atomic E-state index is 0.0666. The van der Waals surface area contributed by atoms with Crippen LogP contribution in [-0.2, 0) is 16.6 Å². The standard InChI is InChI=1S/C22H27NO2S/c1-23(22(24)20-10-6-7-17(15-20)16-26(2)25)21-13-11-19(12-14-21)18-8-4-3-5-9-18/h3-10,15,19,21H,11-14,16H2,1-2H3/t19?,21?,26-/m1/s1. The number of carbonyl (C=O) groups excluding carboxylic acids is 1. The van der Waals surface area contributed by atoms with E-state index in [1.165, 1.54) is 5.56 Å². The third-order valence-corrected chi connectivity index (χ3v) is 6.12. The van der Waals surface area contributed by atoms with Gasteiger partial charge >= 0.3 is 0 Å². The summed E-state index contributed by atoms with van der Waals surface area (Å²) in [6.45, 7) is 0. The predicted octanol–water partition coefficient (Wildman–Crippen LogP) is 4.36. The Balaban J connectivity index is 1.62. The molecule has 3 rings (SSSR count). The summed E-state index contributed by atoms with van der Waals surface area (Å²) >= 11 is 0. The lowest BCUT2D eigenvalue weighted by Gasteiger charge is -2.35. The van der Waals surface area contributed by atoms with Gasteiger partial charge in [0, 0.05) is 41.5 Å². The SMILES string of the molecule is CN(C(=O)c1cccc(C[S@@](C)=O)c1)C1CCC(c2ccccc2)CC1. The first-order valence-electron chi connectivity index (χ1n) is 9.25. The number of hydrogen-bond donors (Lipinski definition) is 0. The summed E-state index contributed by atoms with van der Waals surface area (Å²) in [4.78, 5) is 14.8. The third kappa shape index (κ3) is 4.61. The van der Waals surface area contributed by atoms with Crippen LogP contribution in [-0.4, -0.2) is 34.4 Å². The summed E-state index contributed by atoms with van der Waals surface area (Å²) in [7, 11) is 1.02. The highest BCUT2D eigenvalue weighted by Gasteiger charge is 2.27. The highest BCUT2D eigenvalue weighted by molar-refractivity contribution is 7.83. The first kappa shape index (κ1) is 18.8. The molecule has 0 aliphatic heterocycles. The van der Waals surface area contributed by atoms with Gasteiger partial charge in [-0.3, -0.25) is 9.00 Å². The normalized spacial score (nSPS) is 21.2. The van der Waals surface area contributed by atoms with Crippen molar-refractivity contribution >= 4 is 16.7 Å². The molecule has 1 atom stereocenters. The van der Waals surface area contributed by atoms with Crippen LogP contribution < -0.4 is 0 Å². The van der Waals surface area contributed by atoms with Gasteiger partial charge in [0.15, 0.2) is 0 Å². The van der Waals surface area contributed by atoms with Gasteiger partial charge in [-0.2, -0.15) is 0 Å². The van der Waals surface area contributed by atoms with Crippen molar-refractivity contribution < 1.29 is 9.00 Å². The predicted molar refractivity (Wildman–Crippen MR) is 108 cm³/mol. The maximum Gasteiger partial charge on any atom is 0.253 e. The molecule has 0 radical (unpaired) electrons. The summed E-state index contributed by atoms with van der Waals surface area (Å²) in [5, 5.41) is 0. The molecule has 26 heavy (non-hydrogen) atoms. The van der Waals surface area contributed by atoms with Crippen LogP contribution in [0, 0.1) is 0 Å². The second kappa shape index (κ2) is 8.63. The fraction of sp³-hybridized carbons (Fsp3) is 0.409. The van der Waals surface area contributed by atoms with Gasteiger partial charge in [-0.25, -0.2) is 0 Å². The maximum atomic E-state index is 12.9. The van der Waals surface area contributed by atoms with Gasteiger partial charge in [-0.15, -0.1) is 0 Å². The number of hydrogen-bond acceptors (Lipinski definition) is 2. The topological polar surface area (TPSA) is 37.4 Å². The lowest BCUT2D eigenvalue weighted by atomic mass is 9.81. The Morgan fingerprint density at radius 1 is 1.04 bits per heavy atom. The number of nitrogens with zero attached hydrogens (tertiary/aromatic N) is 1. The number of rotatable bonds is 5. The van der Waals surface area contributed by atoms with Crippen molar-refractivity contribution in [3.63, 3.8) is 0 Å². The molecule has 2 aromatic carbocycles. The van der Waals surface area contributed by atoms with Crippen LogP contribution in [0.1, 0.15) is 53.1 Å². The molecular formula is C22H27NO2S. The molecule has 0 heterocycles. The number of benzene rings is 2. The second-order valence-corrected chi connectivity index (χ2v) is 8.69. The van der Waals surface area contributed by atoms with Gasteiger partial charge in [-0.05, 0) is 54.9 Å². The Kier molecular flexibility index (Phi) is 6.25. The molecule has 138 valence electrons. The molecule has 4 heteroatoms. The molecule has 2 aromatic rings. The first-order chi connectivity index (χ1) is 12.5. The van der Waals surface area contributed by atoms with Gasteiger partial charge in [0.2, 0.25) is 0 Å². The summed E-state index contributed by atoms with van der Waals surface area (Å²) in [6.07, 6.45) is 6.02. The van der Waals surface area contributed by atoms with Crippen LogP contribution >= 0.6 is 0 Å². The van der Waals surface area contributed by atoms with Gasteiger partial charge in [-0.1, -0.05) is 42.5 Å². The van der Waals surface area contributed by atoms with Crippen LogP contribution in [0.25, 0.3) is 0 Å². The van der Waals surface area contributed by atoms with E-state index in [2.05, 4.69) is 30.3 Å². The molecule has 0 bridgehead atoms. The largest absolute Gasteiger partial charge is 0.339 e. The smallest absolute Gasteiger partial charge is 0.253 e. The number of amides is 1. The zero-order valence-electron chi connectivity index (χ0n) is 15.6. The third-order valence-electron chi connectivity index (χ3n) is 5.38. The summed E-state index contributed by atoms with van der Waals surface area (Å²) in [6, 6.07) is 18.5. The van der Waals surface area contributed by atoms with Crippen LogP contribution in [0.4, 0.5) is 0 Å². The Morgan fingerprint density at radius 2 is 1.73 bits per heavy atom. The van der Waals surface area contributed by atoms with Crippen LogP contribution in [0.5, 0.6) is 0 Å². The molecule has 1 amide bonds. The van der Waals surface area contributed by atoms with E-state index in [0.29, 0.717) is 23.3 Å². The molecule has 1 aliphatic carbocycles. The van der Waals surface area contributed by atoms with Crippen molar-refractivity contribution in [1.82, 2.24) is 4.90 Å². The summed E-state index contributed by atoms with van der Waals surface area (Å²) in [5.74, 6) is 1.17. The van der Waals surface area contributed by atoms with E-state index < -0.39 is 10.8 Å². The van der Waals surface area contributed by atoms with Crippen LogP contribution in [0.3, 0.4) is 0 Å². The minimum atomic E-state index is -0.900. The molecule has 0 unspecified atom stereocenters. The van der Waals surface area contributed by atoms with Crippen molar-refractivity contribution in [2.75, 3.05) is 13.3 Å². The maximum absolute atomic E-state index is 12.9. The van der Waals surface area contributed by atoms with E-state index in [-0.39, 0.29) is 5.91 Å². The molecule has 0 aromatic heterocycles. The van der Waals surface area contributed by atoms with E-state index in [4.69, 9.17) is 0 Å². The minimum Gasteiger partial charge on any atom is -0.339 e. The quantitative estimate of drug-likeness (QED) is 0.785. The van der Waals surface area contributed by atoms with Crippen molar-refractivity contribution in [3.8, 4) is 0 Å². The fourth-order valence-corrected chi connectivity index (χ4v) is 4.57. The highest BCUT2D eigenvalue weighted by atomic mass is 32.2. The Morgan fingerprint density at radius 3 is 2.38 bits per heavy atom. The van der Waals surface area contributed by atoms with Crippen molar-refractivity contribution in [2.45, 2.75) is 43.4 Å². The molecule has 0 spiro atoms. The van der Waals surface area contributed by atoms with Gasteiger partial charge in [0.05, 0.1) is 0 Å². The Bertz CT molecular complexity index is 767. The van der Waals surface area contributed by atoms with Crippen LogP contribution in [0.2, 0.25) is 0 Å². The van der Waals surface area contributed by atoms with E-state index >= 15 is 0 Å². The average Bonchev–Trinajstić information content (AvgIpc) is 2.67. The highest BCUT2D eigenvalue weighted by Crippen LogP contribution is 2.34. The molecule has 3 nitrogen and oxygen atoms in total. The van der Waals surface area contributed by atoms with E-state index in [9.17, 15) is 9.00 Å². The zero-order valence-corrected chi connectivity index (χ0v) is 16.4. The lowest BCUT2D eigenvalue weighted by molar-refractivity contribution is 0.0689. The Labute approximate surface area is 158 Å². The fourth-order valence-electron chi connectivity index (χ4n) is 3.92. The van der Waals surface area contributed by atoms with Crippen molar-refractivity contribution in [2.24, 2.45) is 0 Å². The van der Waals surface area contributed by atoms with Gasteiger partial charge in [0.1, 0.15) is 0 Å². The zero-order chi connectivity index (χ0) is 18.5. The molecule has 1 aliphatic rings. The van der Waals surface area contributed by atoms with Crippen LogP contribution in [0.15, 0.2) is 54.6 Å². The molecule has 1 fully saturated rings. The molecule has 0 saturated heterocycles.